The monoisotopic (exact) mass is 490 g/mol. The van der Waals surface area contributed by atoms with Crippen LogP contribution in [-0.4, -0.2) is 10.9 Å². The van der Waals surface area contributed by atoms with E-state index in [1.54, 1.807) is 42.6 Å². The highest BCUT2D eigenvalue weighted by atomic mass is 79.9. The number of aromatic nitrogens is 1. The molecule has 0 fully saturated rings. The lowest BCUT2D eigenvalue weighted by Gasteiger charge is -2.08. The number of fused-ring (bicyclic) bond motifs is 1. The van der Waals surface area contributed by atoms with Crippen LogP contribution in [0.25, 0.3) is 10.9 Å². The highest BCUT2D eigenvalue weighted by Gasteiger charge is 2.15. The summed E-state index contributed by atoms with van der Waals surface area (Å²) in [7, 11) is 0. The standard InChI is InChI=1S/C21H13BrCl2N2O3/c22-15-5-6-17(20-14(15)2-1-9-25-20)26-21(27)19-8-4-13(29-19)11-28-18-7-3-12(23)10-16(18)24/h1-10H,11H2,(H,26,27). The maximum atomic E-state index is 12.6. The number of benzene rings is 2. The summed E-state index contributed by atoms with van der Waals surface area (Å²) in [6.07, 6.45) is 1.68. The Morgan fingerprint density at radius 3 is 2.83 bits per heavy atom. The molecule has 0 spiro atoms. The van der Waals surface area contributed by atoms with Gasteiger partial charge in [0.1, 0.15) is 18.1 Å². The third-order valence-electron chi connectivity index (χ3n) is 4.11. The van der Waals surface area contributed by atoms with E-state index in [1.807, 2.05) is 18.2 Å². The number of anilines is 1. The zero-order chi connectivity index (χ0) is 20.4. The molecule has 29 heavy (non-hydrogen) atoms. The number of amides is 1. The van der Waals surface area contributed by atoms with Crippen molar-refractivity contribution in [3.8, 4) is 5.75 Å². The van der Waals surface area contributed by atoms with Crippen LogP contribution >= 0.6 is 39.1 Å². The molecule has 0 radical (unpaired) electrons. The van der Waals surface area contributed by atoms with Gasteiger partial charge in [-0.3, -0.25) is 9.78 Å². The average Bonchev–Trinajstić information content (AvgIpc) is 3.19. The third kappa shape index (κ3) is 4.40. The second-order valence-corrected chi connectivity index (χ2v) is 7.78. The SMILES string of the molecule is O=C(Nc1ccc(Br)c2cccnc12)c1ccc(COc2ccc(Cl)cc2Cl)o1. The van der Waals surface area contributed by atoms with Crippen LogP contribution in [0.3, 0.4) is 0 Å². The van der Waals surface area contributed by atoms with Gasteiger partial charge in [-0.15, -0.1) is 0 Å². The molecule has 0 bridgehead atoms. The van der Waals surface area contributed by atoms with Crippen LogP contribution in [0.15, 0.2) is 69.7 Å². The van der Waals surface area contributed by atoms with E-state index < -0.39 is 0 Å². The van der Waals surface area contributed by atoms with Crippen LogP contribution in [0, 0.1) is 0 Å². The number of hydrogen-bond donors (Lipinski definition) is 1. The van der Waals surface area contributed by atoms with Crippen LogP contribution in [0.5, 0.6) is 5.75 Å². The predicted molar refractivity (Wildman–Crippen MR) is 117 cm³/mol. The first-order chi connectivity index (χ1) is 14.0. The zero-order valence-corrected chi connectivity index (χ0v) is 17.9. The molecule has 0 aliphatic carbocycles. The summed E-state index contributed by atoms with van der Waals surface area (Å²) < 4.78 is 12.1. The van der Waals surface area contributed by atoms with Crippen LogP contribution in [-0.2, 0) is 6.61 Å². The smallest absolute Gasteiger partial charge is 0.291 e. The van der Waals surface area contributed by atoms with Crippen molar-refractivity contribution < 1.29 is 13.9 Å². The number of hydrogen-bond acceptors (Lipinski definition) is 4. The van der Waals surface area contributed by atoms with Gasteiger partial charge in [0.05, 0.1) is 16.2 Å². The van der Waals surface area contributed by atoms with Crippen LogP contribution in [0.4, 0.5) is 5.69 Å². The molecule has 0 atom stereocenters. The summed E-state index contributed by atoms with van der Waals surface area (Å²) in [5, 5.41) is 4.66. The minimum Gasteiger partial charge on any atom is -0.484 e. The first-order valence-electron chi connectivity index (χ1n) is 8.52. The minimum absolute atomic E-state index is 0.122. The highest BCUT2D eigenvalue weighted by molar-refractivity contribution is 9.10. The number of carbonyl (C=O) groups is 1. The Balaban J connectivity index is 1.47. The maximum absolute atomic E-state index is 12.6. The normalized spacial score (nSPS) is 10.9. The van der Waals surface area contributed by atoms with E-state index in [2.05, 4.69) is 26.2 Å². The van der Waals surface area contributed by atoms with Gasteiger partial charge < -0.3 is 14.5 Å². The summed E-state index contributed by atoms with van der Waals surface area (Å²) in [6, 6.07) is 15.6. The number of carbonyl (C=O) groups excluding carboxylic acids is 1. The Hall–Kier alpha value is -2.54. The van der Waals surface area contributed by atoms with E-state index in [1.165, 1.54) is 0 Å². The molecule has 2 aromatic carbocycles. The van der Waals surface area contributed by atoms with Crippen molar-refractivity contribution in [2.75, 3.05) is 5.32 Å². The van der Waals surface area contributed by atoms with E-state index in [9.17, 15) is 4.79 Å². The molecule has 0 saturated heterocycles. The zero-order valence-electron chi connectivity index (χ0n) is 14.8. The molecule has 146 valence electrons. The fourth-order valence-electron chi connectivity index (χ4n) is 2.74. The molecule has 1 N–H and O–H groups in total. The summed E-state index contributed by atoms with van der Waals surface area (Å²) in [5.41, 5.74) is 1.28. The lowest BCUT2D eigenvalue weighted by Crippen LogP contribution is -2.11. The van der Waals surface area contributed by atoms with Crippen molar-refractivity contribution in [1.82, 2.24) is 4.98 Å². The number of furan rings is 1. The van der Waals surface area contributed by atoms with E-state index in [4.69, 9.17) is 32.4 Å². The van der Waals surface area contributed by atoms with Crippen LogP contribution < -0.4 is 10.1 Å². The van der Waals surface area contributed by atoms with Gasteiger partial charge in [0.15, 0.2) is 5.76 Å². The molecule has 2 heterocycles. The van der Waals surface area contributed by atoms with Gasteiger partial charge in [0, 0.05) is 21.1 Å². The molecule has 4 rings (SSSR count). The van der Waals surface area contributed by atoms with Gasteiger partial charge in [-0.25, -0.2) is 0 Å². The highest BCUT2D eigenvalue weighted by Crippen LogP contribution is 2.30. The largest absolute Gasteiger partial charge is 0.484 e. The number of pyridine rings is 1. The molecule has 5 nitrogen and oxygen atoms in total. The first kappa shape index (κ1) is 19.8. The lowest BCUT2D eigenvalue weighted by molar-refractivity contribution is 0.0992. The molecular weight excluding hydrogens is 479 g/mol. The molecule has 1 amide bonds. The summed E-state index contributed by atoms with van der Waals surface area (Å²) in [4.78, 5) is 17.0. The fraction of sp³-hybridized carbons (Fsp3) is 0.0476. The predicted octanol–water partition coefficient (Wildman–Crippen LogP) is 6.73. The topological polar surface area (TPSA) is 64.4 Å². The Kier molecular flexibility index (Phi) is 5.76. The molecule has 0 aliphatic heterocycles. The van der Waals surface area contributed by atoms with Gasteiger partial charge in [-0.1, -0.05) is 45.2 Å². The number of rotatable bonds is 5. The van der Waals surface area contributed by atoms with Crippen LogP contribution in [0.2, 0.25) is 10.0 Å². The molecule has 2 aromatic heterocycles. The van der Waals surface area contributed by atoms with Gasteiger partial charge in [-0.2, -0.15) is 0 Å². The molecule has 8 heteroatoms. The summed E-state index contributed by atoms with van der Waals surface area (Å²) in [5.74, 6) is 0.749. The quantitative estimate of drug-likeness (QED) is 0.336. The minimum atomic E-state index is -0.380. The molecular formula is C21H13BrCl2N2O3. The number of halogens is 3. The second kappa shape index (κ2) is 8.45. The van der Waals surface area contributed by atoms with Crippen molar-refractivity contribution in [2.45, 2.75) is 6.61 Å². The molecule has 4 aromatic rings. The number of nitrogens with one attached hydrogen (secondary N) is 1. The van der Waals surface area contributed by atoms with Crippen molar-refractivity contribution in [1.29, 1.82) is 0 Å². The van der Waals surface area contributed by atoms with E-state index in [0.717, 1.165) is 9.86 Å². The lowest BCUT2D eigenvalue weighted by atomic mass is 10.2. The van der Waals surface area contributed by atoms with E-state index in [-0.39, 0.29) is 18.3 Å². The number of ether oxygens (including phenoxy) is 1. The van der Waals surface area contributed by atoms with Gasteiger partial charge in [0.25, 0.3) is 5.91 Å². The Bertz CT molecular complexity index is 1210. The fourth-order valence-corrected chi connectivity index (χ4v) is 3.66. The Morgan fingerprint density at radius 1 is 1.14 bits per heavy atom. The van der Waals surface area contributed by atoms with Crippen molar-refractivity contribution >= 4 is 61.6 Å². The maximum Gasteiger partial charge on any atom is 0.291 e. The van der Waals surface area contributed by atoms with E-state index in [0.29, 0.717) is 32.8 Å². The third-order valence-corrected chi connectivity index (χ3v) is 5.34. The van der Waals surface area contributed by atoms with Crippen molar-refractivity contribution in [2.24, 2.45) is 0 Å². The van der Waals surface area contributed by atoms with Gasteiger partial charge in [0.2, 0.25) is 0 Å². The van der Waals surface area contributed by atoms with Crippen molar-refractivity contribution in [3.05, 3.63) is 86.8 Å². The van der Waals surface area contributed by atoms with Gasteiger partial charge in [-0.05, 0) is 48.5 Å². The van der Waals surface area contributed by atoms with Gasteiger partial charge >= 0.3 is 0 Å². The first-order valence-corrected chi connectivity index (χ1v) is 10.1. The summed E-state index contributed by atoms with van der Waals surface area (Å²) in [6.45, 7) is 0.122. The van der Waals surface area contributed by atoms with Crippen molar-refractivity contribution in [3.63, 3.8) is 0 Å². The van der Waals surface area contributed by atoms with Crippen LogP contribution in [0.1, 0.15) is 16.3 Å². The Morgan fingerprint density at radius 2 is 2.00 bits per heavy atom. The Labute approximate surface area is 184 Å². The molecule has 0 aliphatic rings. The second-order valence-electron chi connectivity index (χ2n) is 6.08. The average molecular weight is 492 g/mol. The molecule has 0 unspecified atom stereocenters. The summed E-state index contributed by atoms with van der Waals surface area (Å²) >= 11 is 15.4. The van der Waals surface area contributed by atoms with E-state index >= 15 is 0 Å². The molecule has 0 saturated carbocycles. The number of nitrogens with zero attached hydrogens (tertiary/aromatic N) is 1.